The van der Waals surface area contributed by atoms with Gasteiger partial charge in [-0.05, 0) is 44.4 Å². The summed E-state index contributed by atoms with van der Waals surface area (Å²) in [7, 11) is 0. The molecule has 18 heavy (non-hydrogen) atoms. The van der Waals surface area contributed by atoms with Gasteiger partial charge in [0.2, 0.25) is 5.91 Å². The number of benzene rings is 1. The van der Waals surface area contributed by atoms with Crippen LogP contribution in [0.5, 0.6) is 0 Å². The number of aryl methyl sites for hydroxylation is 1. The maximum Gasteiger partial charge on any atom is 0.242 e. The van der Waals surface area contributed by atoms with Crippen LogP contribution in [-0.2, 0) is 4.79 Å². The van der Waals surface area contributed by atoms with Crippen molar-refractivity contribution in [2.45, 2.75) is 38.8 Å². The van der Waals surface area contributed by atoms with E-state index in [1.54, 1.807) is 12.1 Å². The molecule has 1 amide bonds. The standard InChI is InChI=1S/C14H17N3O/c1-9-3-4-11(8-15)7-13(9)16-10(2)14(18)17-12-5-6-12/h3-4,7,10,12,16H,5-6H2,1-2H3,(H,17,18). The summed E-state index contributed by atoms with van der Waals surface area (Å²) in [5, 5.41) is 15.0. The number of rotatable bonds is 4. The van der Waals surface area contributed by atoms with E-state index in [0.29, 0.717) is 11.6 Å². The molecular weight excluding hydrogens is 226 g/mol. The number of nitrogens with one attached hydrogen (secondary N) is 2. The largest absolute Gasteiger partial charge is 0.374 e. The molecular formula is C14H17N3O. The van der Waals surface area contributed by atoms with Crippen LogP contribution in [0.15, 0.2) is 18.2 Å². The molecule has 0 aliphatic heterocycles. The molecule has 4 heteroatoms. The molecule has 2 rings (SSSR count). The first kappa shape index (κ1) is 12.4. The second-order valence-electron chi connectivity index (χ2n) is 4.79. The third kappa shape index (κ3) is 3.01. The first-order valence-electron chi connectivity index (χ1n) is 6.18. The third-order valence-corrected chi connectivity index (χ3v) is 3.06. The van der Waals surface area contributed by atoms with Crippen molar-refractivity contribution < 1.29 is 4.79 Å². The van der Waals surface area contributed by atoms with Gasteiger partial charge in [-0.3, -0.25) is 4.79 Å². The van der Waals surface area contributed by atoms with E-state index < -0.39 is 0 Å². The lowest BCUT2D eigenvalue weighted by Gasteiger charge is -2.16. The highest BCUT2D eigenvalue weighted by atomic mass is 16.2. The number of amides is 1. The first-order chi connectivity index (χ1) is 8.60. The lowest BCUT2D eigenvalue weighted by atomic mass is 10.1. The lowest BCUT2D eigenvalue weighted by molar-refractivity contribution is -0.121. The zero-order chi connectivity index (χ0) is 13.1. The van der Waals surface area contributed by atoms with Crippen molar-refractivity contribution in [2.75, 3.05) is 5.32 Å². The van der Waals surface area contributed by atoms with Crippen LogP contribution in [-0.4, -0.2) is 18.0 Å². The fourth-order valence-corrected chi connectivity index (χ4v) is 1.70. The normalized spacial score (nSPS) is 15.6. The number of nitriles is 1. The summed E-state index contributed by atoms with van der Waals surface area (Å²) in [6.45, 7) is 3.78. The number of carbonyl (C=O) groups excluding carboxylic acids is 1. The van der Waals surface area contributed by atoms with Gasteiger partial charge >= 0.3 is 0 Å². The van der Waals surface area contributed by atoms with Gasteiger partial charge in [0, 0.05) is 11.7 Å². The van der Waals surface area contributed by atoms with E-state index in [1.165, 1.54) is 0 Å². The van der Waals surface area contributed by atoms with Crippen LogP contribution in [0.2, 0.25) is 0 Å². The van der Waals surface area contributed by atoms with Crippen LogP contribution >= 0.6 is 0 Å². The van der Waals surface area contributed by atoms with Gasteiger partial charge in [-0.25, -0.2) is 0 Å². The molecule has 0 bridgehead atoms. The molecule has 1 aromatic carbocycles. The number of carbonyl (C=O) groups is 1. The molecule has 94 valence electrons. The summed E-state index contributed by atoms with van der Waals surface area (Å²) in [6, 6.07) is 7.60. The van der Waals surface area contributed by atoms with Gasteiger partial charge in [0.1, 0.15) is 6.04 Å². The molecule has 0 radical (unpaired) electrons. The van der Waals surface area contributed by atoms with E-state index in [0.717, 1.165) is 24.1 Å². The topological polar surface area (TPSA) is 64.9 Å². The minimum absolute atomic E-state index is 0.0132. The van der Waals surface area contributed by atoms with Crippen molar-refractivity contribution in [3.05, 3.63) is 29.3 Å². The van der Waals surface area contributed by atoms with E-state index in [4.69, 9.17) is 5.26 Å². The van der Waals surface area contributed by atoms with E-state index >= 15 is 0 Å². The van der Waals surface area contributed by atoms with Gasteiger partial charge in [-0.15, -0.1) is 0 Å². The zero-order valence-electron chi connectivity index (χ0n) is 10.7. The Balaban J connectivity index is 2.03. The summed E-state index contributed by atoms with van der Waals surface area (Å²) in [6.07, 6.45) is 2.17. The summed E-state index contributed by atoms with van der Waals surface area (Å²) in [5.74, 6) is 0.0132. The van der Waals surface area contributed by atoms with Crippen LogP contribution in [0.4, 0.5) is 5.69 Å². The molecule has 1 saturated carbocycles. The van der Waals surface area contributed by atoms with E-state index in [1.807, 2.05) is 19.9 Å². The highest BCUT2D eigenvalue weighted by molar-refractivity contribution is 5.85. The Bertz CT molecular complexity index is 500. The molecule has 0 aromatic heterocycles. The average molecular weight is 243 g/mol. The van der Waals surface area contributed by atoms with Gasteiger partial charge in [-0.1, -0.05) is 6.07 Å². The SMILES string of the molecule is Cc1ccc(C#N)cc1NC(C)C(=O)NC1CC1. The Kier molecular flexibility index (Phi) is 3.52. The summed E-state index contributed by atoms with van der Waals surface area (Å²) >= 11 is 0. The Labute approximate surface area is 107 Å². The Hall–Kier alpha value is -2.02. The maximum absolute atomic E-state index is 11.8. The Morgan fingerprint density at radius 1 is 1.50 bits per heavy atom. The molecule has 1 aromatic rings. The molecule has 4 nitrogen and oxygen atoms in total. The van der Waals surface area contributed by atoms with Crippen molar-refractivity contribution >= 4 is 11.6 Å². The zero-order valence-corrected chi connectivity index (χ0v) is 10.7. The smallest absolute Gasteiger partial charge is 0.242 e. The van der Waals surface area contributed by atoms with Crippen LogP contribution in [0, 0.1) is 18.3 Å². The van der Waals surface area contributed by atoms with E-state index in [-0.39, 0.29) is 11.9 Å². The van der Waals surface area contributed by atoms with Gasteiger partial charge < -0.3 is 10.6 Å². The van der Waals surface area contributed by atoms with Crippen LogP contribution in [0.25, 0.3) is 0 Å². The van der Waals surface area contributed by atoms with Gasteiger partial charge in [0.25, 0.3) is 0 Å². The van der Waals surface area contributed by atoms with Gasteiger partial charge in [0.05, 0.1) is 11.6 Å². The Morgan fingerprint density at radius 2 is 2.22 bits per heavy atom. The van der Waals surface area contributed by atoms with Crippen molar-refractivity contribution in [3.8, 4) is 6.07 Å². The quantitative estimate of drug-likeness (QED) is 0.849. The minimum Gasteiger partial charge on any atom is -0.374 e. The molecule has 1 fully saturated rings. The summed E-state index contributed by atoms with van der Waals surface area (Å²) < 4.78 is 0. The second kappa shape index (κ2) is 5.09. The third-order valence-electron chi connectivity index (χ3n) is 3.06. The molecule has 1 atom stereocenters. The summed E-state index contributed by atoms with van der Waals surface area (Å²) in [4.78, 5) is 11.8. The van der Waals surface area contributed by atoms with Crippen molar-refractivity contribution in [2.24, 2.45) is 0 Å². The first-order valence-corrected chi connectivity index (χ1v) is 6.18. The van der Waals surface area contributed by atoms with Gasteiger partial charge in [-0.2, -0.15) is 5.26 Å². The van der Waals surface area contributed by atoms with Crippen molar-refractivity contribution in [1.82, 2.24) is 5.32 Å². The molecule has 0 spiro atoms. The molecule has 1 aliphatic carbocycles. The molecule has 1 unspecified atom stereocenters. The lowest BCUT2D eigenvalue weighted by Crippen LogP contribution is -2.38. The number of hydrogen-bond donors (Lipinski definition) is 2. The molecule has 0 saturated heterocycles. The minimum atomic E-state index is -0.293. The Morgan fingerprint density at radius 3 is 2.83 bits per heavy atom. The number of hydrogen-bond acceptors (Lipinski definition) is 3. The maximum atomic E-state index is 11.8. The van der Waals surface area contributed by atoms with Crippen LogP contribution in [0.1, 0.15) is 30.9 Å². The highest BCUT2D eigenvalue weighted by Gasteiger charge is 2.25. The predicted molar refractivity (Wildman–Crippen MR) is 70.1 cm³/mol. The summed E-state index contributed by atoms with van der Waals surface area (Å²) in [5.41, 5.74) is 2.46. The fraction of sp³-hybridized carbons (Fsp3) is 0.429. The van der Waals surface area contributed by atoms with Gasteiger partial charge in [0.15, 0.2) is 0 Å². The molecule has 1 aliphatic rings. The predicted octanol–water partition coefficient (Wildman–Crippen LogP) is 1.95. The highest BCUT2D eigenvalue weighted by Crippen LogP contribution is 2.20. The number of nitrogens with zero attached hydrogens (tertiary/aromatic N) is 1. The monoisotopic (exact) mass is 243 g/mol. The van der Waals surface area contributed by atoms with Crippen LogP contribution < -0.4 is 10.6 Å². The van der Waals surface area contributed by atoms with Crippen LogP contribution in [0.3, 0.4) is 0 Å². The van der Waals surface area contributed by atoms with Crippen molar-refractivity contribution in [1.29, 1.82) is 5.26 Å². The number of anilines is 1. The van der Waals surface area contributed by atoms with E-state index in [9.17, 15) is 4.79 Å². The van der Waals surface area contributed by atoms with Crippen molar-refractivity contribution in [3.63, 3.8) is 0 Å². The molecule has 0 heterocycles. The second-order valence-corrected chi connectivity index (χ2v) is 4.79. The fourth-order valence-electron chi connectivity index (χ4n) is 1.70. The molecule has 2 N–H and O–H groups in total. The average Bonchev–Trinajstić information content (AvgIpc) is 3.15. The van der Waals surface area contributed by atoms with E-state index in [2.05, 4.69) is 16.7 Å².